The van der Waals surface area contributed by atoms with Crippen LogP contribution in [0.15, 0.2) is 47.4 Å². The molecule has 0 bridgehead atoms. The van der Waals surface area contributed by atoms with E-state index in [1.54, 1.807) is 31.2 Å². The lowest BCUT2D eigenvalue weighted by Gasteiger charge is -2.18. The average molecular weight is 413 g/mol. The molecule has 2 aromatic rings. The van der Waals surface area contributed by atoms with Crippen molar-refractivity contribution in [2.75, 3.05) is 26.5 Å². The lowest BCUT2D eigenvalue weighted by atomic mass is 10.2. The van der Waals surface area contributed by atoms with E-state index < -0.39 is 22.0 Å². The molecule has 2 rings (SSSR count). The number of benzene rings is 2. The smallest absolute Gasteiger partial charge is 0.265 e. The Morgan fingerprint density at radius 2 is 1.78 bits per heavy atom. The van der Waals surface area contributed by atoms with E-state index in [0.29, 0.717) is 16.5 Å². The predicted octanol–water partition coefficient (Wildman–Crippen LogP) is 3.00. The van der Waals surface area contributed by atoms with Gasteiger partial charge in [0.15, 0.2) is 6.10 Å². The number of sulfonamides is 1. The topological polar surface area (TPSA) is 84.9 Å². The maximum absolute atomic E-state index is 12.5. The Morgan fingerprint density at radius 3 is 2.33 bits per heavy atom. The molecular formula is C18H21ClN2O5S. The summed E-state index contributed by atoms with van der Waals surface area (Å²) in [4.78, 5) is 12.5. The molecule has 27 heavy (non-hydrogen) atoms. The Labute approximate surface area is 163 Å². The van der Waals surface area contributed by atoms with Crippen molar-refractivity contribution in [1.29, 1.82) is 0 Å². The molecule has 0 aromatic heterocycles. The molecule has 0 radical (unpaired) electrons. The van der Waals surface area contributed by atoms with Crippen molar-refractivity contribution in [3.63, 3.8) is 0 Å². The van der Waals surface area contributed by atoms with Crippen molar-refractivity contribution in [3.05, 3.63) is 47.5 Å². The van der Waals surface area contributed by atoms with Gasteiger partial charge >= 0.3 is 0 Å². The fraction of sp³-hybridized carbons (Fsp3) is 0.278. The van der Waals surface area contributed by atoms with Crippen molar-refractivity contribution in [2.45, 2.75) is 17.9 Å². The number of carbonyl (C=O) groups is 1. The molecule has 0 spiro atoms. The van der Waals surface area contributed by atoms with Crippen molar-refractivity contribution >= 4 is 33.2 Å². The van der Waals surface area contributed by atoms with Crippen LogP contribution in [0.1, 0.15) is 6.92 Å². The van der Waals surface area contributed by atoms with Gasteiger partial charge in [-0.25, -0.2) is 12.7 Å². The monoisotopic (exact) mass is 412 g/mol. The highest BCUT2D eigenvalue weighted by atomic mass is 35.5. The Hall–Kier alpha value is -2.29. The van der Waals surface area contributed by atoms with Crippen LogP contribution in [-0.4, -0.2) is 45.9 Å². The lowest BCUT2D eigenvalue weighted by molar-refractivity contribution is -0.122. The van der Waals surface area contributed by atoms with Crippen LogP contribution in [0.3, 0.4) is 0 Å². The molecule has 0 aliphatic carbocycles. The number of carbonyl (C=O) groups excluding carboxylic acids is 1. The molecule has 9 heteroatoms. The van der Waals surface area contributed by atoms with E-state index in [1.165, 1.54) is 39.4 Å². The number of anilines is 1. The van der Waals surface area contributed by atoms with Crippen molar-refractivity contribution in [3.8, 4) is 11.5 Å². The molecule has 0 unspecified atom stereocenters. The van der Waals surface area contributed by atoms with Crippen LogP contribution in [-0.2, 0) is 14.8 Å². The van der Waals surface area contributed by atoms with Crippen LogP contribution in [0.4, 0.5) is 5.69 Å². The van der Waals surface area contributed by atoms with E-state index in [9.17, 15) is 13.2 Å². The average Bonchev–Trinajstić information content (AvgIpc) is 2.63. The highest BCUT2D eigenvalue weighted by Crippen LogP contribution is 2.29. The Balaban J connectivity index is 2.21. The minimum absolute atomic E-state index is 0.0369. The molecule has 0 aliphatic rings. The Kier molecular flexibility index (Phi) is 6.69. The molecule has 1 N–H and O–H groups in total. The number of amides is 1. The van der Waals surface area contributed by atoms with Crippen LogP contribution in [0.25, 0.3) is 0 Å². The van der Waals surface area contributed by atoms with Gasteiger partial charge in [0.25, 0.3) is 5.91 Å². The van der Waals surface area contributed by atoms with Gasteiger partial charge in [0.2, 0.25) is 10.0 Å². The van der Waals surface area contributed by atoms with E-state index in [-0.39, 0.29) is 10.6 Å². The number of hydrogen-bond donors (Lipinski definition) is 1. The van der Waals surface area contributed by atoms with Crippen LogP contribution in [0, 0.1) is 0 Å². The Morgan fingerprint density at radius 1 is 1.15 bits per heavy atom. The van der Waals surface area contributed by atoms with Gasteiger partial charge in [0, 0.05) is 19.1 Å². The van der Waals surface area contributed by atoms with E-state index in [1.807, 2.05) is 0 Å². The predicted molar refractivity (Wildman–Crippen MR) is 104 cm³/mol. The quantitative estimate of drug-likeness (QED) is 0.755. The normalized spacial score (nSPS) is 12.5. The fourth-order valence-corrected chi connectivity index (χ4v) is 3.22. The second-order valence-electron chi connectivity index (χ2n) is 5.85. The first-order chi connectivity index (χ1) is 12.6. The number of ether oxygens (including phenoxy) is 2. The fourth-order valence-electron chi connectivity index (χ4n) is 2.16. The maximum atomic E-state index is 12.5. The zero-order chi connectivity index (χ0) is 20.2. The number of rotatable bonds is 7. The molecule has 0 saturated heterocycles. The van der Waals surface area contributed by atoms with Crippen molar-refractivity contribution in [1.82, 2.24) is 4.31 Å². The maximum Gasteiger partial charge on any atom is 0.265 e. The van der Waals surface area contributed by atoms with Gasteiger partial charge in [-0.3, -0.25) is 4.79 Å². The highest BCUT2D eigenvalue weighted by Gasteiger charge is 2.21. The van der Waals surface area contributed by atoms with Crippen molar-refractivity contribution < 1.29 is 22.7 Å². The molecule has 0 heterocycles. The van der Waals surface area contributed by atoms with Gasteiger partial charge in [0.05, 0.1) is 17.7 Å². The second-order valence-corrected chi connectivity index (χ2v) is 8.44. The first-order valence-electron chi connectivity index (χ1n) is 7.99. The van der Waals surface area contributed by atoms with Gasteiger partial charge in [-0.15, -0.1) is 0 Å². The summed E-state index contributed by atoms with van der Waals surface area (Å²) in [5.41, 5.74) is 0.233. The molecule has 146 valence electrons. The minimum Gasteiger partial charge on any atom is -0.495 e. The van der Waals surface area contributed by atoms with Crippen LogP contribution in [0.5, 0.6) is 11.5 Å². The zero-order valence-electron chi connectivity index (χ0n) is 15.4. The standard InChI is InChI=1S/C18H21ClN2O5S/c1-12(26-14-7-5-13(19)6-8-14)18(22)20-16-11-15(9-10-17(16)25-4)27(23,24)21(2)3/h5-12H,1-4H3,(H,20,22)/t12-/m0/s1. The number of nitrogens with one attached hydrogen (secondary N) is 1. The summed E-state index contributed by atoms with van der Waals surface area (Å²) in [6, 6.07) is 10.9. The van der Waals surface area contributed by atoms with Gasteiger partial charge < -0.3 is 14.8 Å². The van der Waals surface area contributed by atoms with Gasteiger partial charge in [-0.1, -0.05) is 11.6 Å². The number of hydrogen-bond acceptors (Lipinski definition) is 5. The number of halogens is 1. The van der Waals surface area contributed by atoms with Gasteiger partial charge in [0.1, 0.15) is 11.5 Å². The molecular weight excluding hydrogens is 392 g/mol. The number of methoxy groups -OCH3 is 1. The van der Waals surface area contributed by atoms with Gasteiger partial charge in [-0.05, 0) is 49.4 Å². The third kappa shape index (κ3) is 5.12. The molecule has 7 nitrogen and oxygen atoms in total. The summed E-state index contributed by atoms with van der Waals surface area (Å²) < 4.78 is 36.5. The first kappa shape index (κ1) is 21.0. The summed E-state index contributed by atoms with van der Waals surface area (Å²) in [5, 5.41) is 3.20. The second kappa shape index (κ2) is 8.60. The third-order valence-electron chi connectivity index (χ3n) is 3.70. The molecule has 1 amide bonds. The summed E-state index contributed by atoms with van der Waals surface area (Å²) in [5.74, 6) is 0.361. The van der Waals surface area contributed by atoms with Crippen LogP contribution < -0.4 is 14.8 Å². The van der Waals surface area contributed by atoms with E-state index in [0.717, 1.165) is 4.31 Å². The summed E-state index contributed by atoms with van der Waals surface area (Å²) in [7, 11) is 0.640. The van der Waals surface area contributed by atoms with Gasteiger partial charge in [-0.2, -0.15) is 0 Å². The van der Waals surface area contributed by atoms with E-state index in [2.05, 4.69) is 5.32 Å². The highest BCUT2D eigenvalue weighted by molar-refractivity contribution is 7.89. The van der Waals surface area contributed by atoms with E-state index >= 15 is 0 Å². The largest absolute Gasteiger partial charge is 0.495 e. The lowest BCUT2D eigenvalue weighted by Crippen LogP contribution is -2.30. The Bertz CT molecular complexity index is 914. The first-order valence-corrected chi connectivity index (χ1v) is 9.80. The molecule has 2 aromatic carbocycles. The SMILES string of the molecule is COc1ccc(S(=O)(=O)N(C)C)cc1NC(=O)[C@H](C)Oc1ccc(Cl)cc1. The summed E-state index contributed by atoms with van der Waals surface area (Å²) >= 11 is 5.82. The van der Waals surface area contributed by atoms with Crippen LogP contribution in [0.2, 0.25) is 5.02 Å². The van der Waals surface area contributed by atoms with Crippen LogP contribution >= 0.6 is 11.6 Å². The summed E-state index contributed by atoms with van der Waals surface area (Å²) in [6.07, 6.45) is -0.829. The summed E-state index contributed by atoms with van der Waals surface area (Å²) in [6.45, 7) is 1.58. The molecule has 0 aliphatic heterocycles. The molecule has 1 atom stereocenters. The van der Waals surface area contributed by atoms with Crippen molar-refractivity contribution in [2.24, 2.45) is 0 Å². The third-order valence-corrected chi connectivity index (χ3v) is 5.77. The number of nitrogens with zero attached hydrogens (tertiary/aromatic N) is 1. The zero-order valence-corrected chi connectivity index (χ0v) is 17.0. The molecule has 0 saturated carbocycles. The molecule has 0 fully saturated rings. The minimum atomic E-state index is -3.65. The van der Waals surface area contributed by atoms with E-state index in [4.69, 9.17) is 21.1 Å².